The van der Waals surface area contributed by atoms with Gasteiger partial charge in [0.1, 0.15) is 5.75 Å². The fourth-order valence-corrected chi connectivity index (χ4v) is 3.12. The van der Waals surface area contributed by atoms with Crippen LogP contribution in [0.4, 0.5) is 0 Å². The van der Waals surface area contributed by atoms with Crippen LogP contribution in [0.25, 0.3) is 0 Å². The molecule has 1 heterocycles. The Morgan fingerprint density at radius 2 is 1.92 bits per heavy atom. The summed E-state index contributed by atoms with van der Waals surface area (Å²) in [5.41, 5.74) is 2.08. The summed E-state index contributed by atoms with van der Waals surface area (Å²) >= 11 is 0. The zero-order valence-corrected chi connectivity index (χ0v) is 15.1. The predicted octanol–water partition coefficient (Wildman–Crippen LogP) is 2.67. The molecule has 1 saturated heterocycles. The van der Waals surface area contributed by atoms with Crippen molar-refractivity contribution in [2.45, 2.75) is 25.4 Å². The zero-order chi connectivity index (χ0) is 18.2. The van der Waals surface area contributed by atoms with Gasteiger partial charge >= 0.3 is 0 Å². The van der Waals surface area contributed by atoms with Crippen molar-refractivity contribution in [3.8, 4) is 5.75 Å². The van der Waals surface area contributed by atoms with Gasteiger partial charge in [0, 0.05) is 19.0 Å². The first kappa shape index (κ1) is 18.4. The highest BCUT2D eigenvalue weighted by Gasteiger charge is 2.21. The molecular weight excluding hydrogens is 328 g/mol. The molecule has 1 fully saturated rings. The summed E-state index contributed by atoms with van der Waals surface area (Å²) in [7, 11) is 0. The molecule has 3 rings (SSSR count). The molecule has 1 amide bonds. The lowest BCUT2D eigenvalue weighted by Gasteiger charge is -2.25. The highest BCUT2D eigenvalue weighted by atomic mass is 16.5. The van der Waals surface area contributed by atoms with Crippen LogP contribution in [0.5, 0.6) is 5.75 Å². The van der Waals surface area contributed by atoms with Crippen molar-refractivity contribution in [3.63, 3.8) is 0 Å². The van der Waals surface area contributed by atoms with Crippen LogP contribution >= 0.6 is 0 Å². The molecule has 5 heteroatoms. The van der Waals surface area contributed by atoms with Crippen molar-refractivity contribution in [3.05, 3.63) is 65.7 Å². The van der Waals surface area contributed by atoms with Gasteiger partial charge < -0.3 is 20.1 Å². The van der Waals surface area contributed by atoms with Gasteiger partial charge in [-0.15, -0.1) is 0 Å². The van der Waals surface area contributed by atoms with Crippen LogP contribution in [-0.2, 0) is 9.53 Å². The van der Waals surface area contributed by atoms with Gasteiger partial charge in [-0.05, 0) is 30.2 Å². The number of morpholine rings is 1. The second-order valence-electron chi connectivity index (χ2n) is 6.34. The second-order valence-corrected chi connectivity index (χ2v) is 6.34. The number of nitrogens with one attached hydrogen (secondary N) is 2. The Bertz CT molecular complexity index is 682. The number of ether oxygens (including phenoxy) is 2. The highest BCUT2D eigenvalue weighted by Crippen LogP contribution is 2.24. The van der Waals surface area contributed by atoms with Crippen molar-refractivity contribution in [2.24, 2.45) is 0 Å². The Hall–Kier alpha value is -2.37. The van der Waals surface area contributed by atoms with E-state index in [1.165, 1.54) is 0 Å². The summed E-state index contributed by atoms with van der Waals surface area (Å²) in [4.78, 5) is 12.6. The number of benzene rings is 2. The standard InChI is InChI=1S/C21H26N2O3/c1-2-26-19-10-8-17(9-11-19)21(16-6-4-3-5-7-16)23-20(24)14-18-15-25-13-12-22-18/h3-11,18,21-22H,2,12-15H2,1H3,(H,23,24). The van der Waals surface area contributed by atoms with Crippen LogP contribution in [0.1, 0.15) is 30.5 Å². The molecule has 0 radical (unpaired) electrons. The Morgan fingerprint density at radius 3 is 2.58 bits per heavy atom. The lowest BCUT2D eigenvalue weighted by molar-refractivity contribution is -0.122. The van der Waals surface area contributed by atoms with Gasteiger partial charge in [-0.3, -0.25) is 4.79 Å². The molecule has 2 N–H and O–H groups in total. The van der Waals surface area contributed by atoms with Crippen molar-refractivity contribution < 1.29 is 14.3 Å². The Morgan fingerprint density at radius 1 is 1.19 bits per heavy atom. The normalized spacial score (nSPS) is 18.1. The summed E-state index contributed by atoms with van der Waals surface area (Å²) < 4.78 is 11.0. The third-order valence-electron chi connectivity index (χ3n) is 4.39. The van der Waals surface area contributed by atoms with Crippen molar-refractivity contribution in [1.82, 2.24) is 10.6 Å². The fraction of sp³-hybridized carbons (Fsp3) is 0.381. The van der Waals surface area contributed by atoms with Crippen LogP contribution in [-0.4, -0.2) is 38.3 Å². The van der Waals surface area contributed by atoms with Gasteiger partial charge in [0.15, 0.2) is 0 Å². The molecular formula is C21H26N2O3. The molecule has 1 aliphatic rings. The second kappa shape index (κ2) is 9.36. The van der Waals surface area contributed by atoms with E-state index in [0.717, 1.165) is 23.4 Å². The fourth-order valence-electron chi connectivity index (χ4n) is 3.12. The maximum atomic E-state index is 12.6. The van der Waals surface area contributed by atoms with Crippen molar-refractivity contribution in [2.75, 3.05) is 26.4 Å². The van der Waals surface area contributed by atoms with E-state index in [-0.39, 0.29) is 18.0 Å². The van der Waals surface area contributed by atoms with Crippen LogP contribution in [0, 0.1) is 0 Å². The quantitative estimate of drug-likeness (QED) is 0.803. The molecule has 1 aliphatic heterocycles. The maximum Gasteiger partial charge on any atom is 0.222 e. The van der Waals surface area contributed by atoms with Crippen LogP contribution in [0.15, 0.2) is 54.6 Å². The smallest absolute Gasteiger partial charge is 0.222 e. The van der Waals surface area contributed by atoms with Gasteiger partial charge in [-0.25, -0.2) is 0 Å². The van der Waals surface area contributed by atoms with E-state index >= 15 is 0 Å². The summed E-state index contributed by atoms with van der Waals surface area (Å²) in [6.07, 6.45) is 0.403. The first-order valence-electron chi connectivity index (χ1n) is 9.14. The van der Waals surface area contributed by atoms with E-state index in [1.807, 2.05) is 61.5 Å². The molecule has 0 spiro atoms. The molecule has 2 atom stereocenters. The Kier molecular flexibility index (Phi) is 6.63. The van der Waals surface area contributed by atoms with E-state index in [9.17, 15) is 4.79 Å². The number of carbonyl (C=O) groups is 1. The largest absolute Gasteiger partial charge is 0.494 e. The van der Waals surface area contributed by atoms with E-state index in [2.05, 4.69) is 10.6 Å². The summed E-state index contributed by atoms with van der Waals surface area (Å²) in [6.45, 7) is 4.67. The molecule has 0 bridgehead atoms. The average molecular weight is 354 g/mol. The van der Waals surface area contributed by atoms with Gasteiger partial charge in [0.2, 0.25) is 5.91 Å². The lowest BCUT2D eigenvalue weighted by Crippen LogP contribution is -2.44. The van der Waals surface area contributed by atoms with E-state index in [4.69, 9.17) is 9.47 Å². The first-order valence-corrected chi connectivity index (χ1v) is 9.14. The van der Waals surface area contributed by atoms with Crippen molar-refractivity contribution >= 4 is 5.91 Å². The predicted molar refractivity (Wildman–Crippen MR) is 101 cm³/mol. The Balaban J connectivity index is 1.74. The average Bonchev–Trinajstić information content (AvgIpc) is 2.69. The highest BCUT2D eigenvalue weighted by molar-refractivity contribution is 5.77. The molecule has 138 valence electrons. The maximum absolute atomic E-state index is 12.6. The first-order chi connectivity index (χ1) is 12.8. The van der Waals surface area contributed by atoms with Crippen molar-refractivity contribution in [1.29, 1.82) is 0 Å². The van der Waals surface area contributed by atoms with E-state index in [0.29, 0.717) is 26.2 Å². The topological polar surface area (TPSA) is 59.6 Å². The zero-order valence-electron chi connectivity index (χ0n) is 15.1. The number of hydrogen-bond donors (Lipinski definition) is 2. The molecule has 2 unspecified atom stereocenters. The number of carbonyl (C=O) groups excluding carboxylic acids is 1. The minimum Gasteiger partial charge on any atom is -0.494 e. The van der Waals surface area contributed by atoms with Gasteiger partial charge in [0.25, 0.3) is 0 Å². The molecule has 2 aromatic rings. The third-order valence-corrected chi connectivity index (χ3v) is 4.39. The molecule has 0 aromatic heterocycles. The lowest BCUT2D eigenvalue weighted by atomic mass is 9.98. The van der Waals surface area contributed by atoms with Gasteiger partial charge in [-0.2, -0.15) is 0 Å². The Labute approximate surface area is 154 Å². The summed E-state index contributed by atoms with van der Waals surface area (Å²) in [6, 6.07) is 17.8. The molecule has 5 nitrogen and oxygen atoms in total. The minimum atomic E-state index is -0.191. The third kappa shape index (κ3) is 5.07. The summed E-state index contributed by atoms with van der Waals surface area (Å²) in [5, 5.41) is 6.49. The molecule has 26 heavy (non-hydrogen) atoms. The van der Waals surface area contributed by atoms with E-state index in [1.54, 1.807) is 0 Å². The number of hydrogen-bond acceptors (Lipinski definition) is 4. The number of rotatable bonds is 7. The van der Waals surface area contributed by atoms with Gasteiger partial charge in [-0.1, -0.05) is 42.5 Å². The van der Waals surface area contributed by atoms with Crippen LogP contribution < -0.4 is 15.4 Å². The SMILES string of the molecule is CCOc1ccc(C(NC(=O)CC2COCCN2)c2ccccc2)cc1. The number of amides is 1. The minimum absolute atomic E-state index is 0.00994. The van der Waals surface area contributed by atoms with Crippen LogP contribution in [0.2, 0.25) is 0 Å². The van der Waals surface area contributed by atoms with E-state index < -0.39 is 0 Å². The summed E-state index contributed by atoms with van der Waals surface area (Å²) in [5.74, 6) is 0.841. The van der Waals surface area contributed by atoms with Gasteiger partial charge in [0.05, 0.1) is 25.9 Å². The molecule has 0 aliphatic carbocycles. The van der Waals surface area contributed by atoms with Crippen LogP contribution in [0.3, 0.4) is 0 Å². The monoisotopic (exact) mass is 354 g/mol. The molecule has 0 saturated carbocycles. The molecule has 2 aromatic carbocycles.